The van der Waals surface area contributed by atoms with E-state index in [0.29, 0.717) is 0 Å². The fourth-order valence-corrected chi connectivity index (χ4v) is 2.05. The Morgan fingerprint density at radius 2 is 2.18 bits per heavy atom. The molecule has 2 nitrogen and oxygen atoms in total. The van der Waals surface area contributed by atoms with E-state index in [9.17, 15) is 0 Å². The molecule has 0 spiro atoms. The van der Waals surface area contributed by atoms with Crippen LogP contribution >= 0.6 is 0 Å². The fourth-order valence-electron chi connectivity index (χ4n) is 2.05. The Morgan fingerprint density at radius 1 is 1.18 bits per heavy atom. The highest BCUT2D eigenvalue weighted by molar-refractivity contribution is 4.94. The summed E-state index contributed by atoms with van der Waals surface area (Å²) < 4.78 is 0. The number of rotatable bonds is 2. The summed E-state index contributed by atoms with van der Waals surface area (Å²) in [7, 11) is 0. The standard InChI is InChI=1S/C9H17N2/c1-2-9(11-4-1)6-8-3-5-10-7-8/h6,8-11H,1-5,7H2. The third-order valence-electron chi connectivity index (χ3n) is 2.70. The molecule has 2 N–H and O–H groups in total. The molecular formula is C9H17N2. The van der Waals surface area contributed by atoms with Crippen molar-refractivity contribution in [2.24, 2.45) is 5.92 Å². The molecule has 0 aromatic rings. The molecule has 2 fully saturated rings. The molecule has 2 aliphatic heterocycles. The molecule has 0 amide bonds. The first-order valence-corrected chi connectivity index (χ1v) is 4.74. The van der Waals surface area contributed by atoms with Crippen LogP contribution in [0.4, 0.5) is 0 Å². The van der Waals surface area contributed by atoms with Gasteiger partial charge < -0.3 is 10.6 Å². The first-order chi connectivity index (χ1) is 5.45. The van der Waals surface area contributed by atoms with Crippen LogP contribution in [0.3, 0.4) is 0 Å². The van der Waals surface area contributed by atoms with Crippen molar-refractivity contribution < 1.29 is 0 Å². The van der Waals surface area contributed by atoms with Gasteiger partial charge >= 0.3 is 0 Å². The highest BCUT2D eigenvalue weighted by atomic mass is 14.9. The van der Waals surface area contributed by atoms with Crippen molar-refractivity contribution in [2.75, 3.05) is 19.6 Å². The van der Waals surface area contributed by atoms with Crippen molar-refractivity contribution in [3.05, 3.63) is 6.42 Å². The lowest BCUT2D eigenvalue weighted by Gasteiger charge is -2.13. The maximum Gasteiger partial charge on any atom is 0.0102 e. The van der Waals surface area contributed by atoms with Crippen LogP contribution in [-0.2, 0) is 0 Å². The molecule has 2 rings (SSSR count). The van der Waals surface area contributed by atoms with Gasteiger partial charge in [-0.3, -0.25) is 0 Å². The Morgan fingerprint density at radius 3 is 2.82 bits per heavy atom. The van der Waals surface area contributed by atoms with Gasteiger partial charge in [-0.15, -0.1) is 0 Å². The number of hydrogen-bond donors (Lipinski definition) is 2. The average molecular weight is 153 g/mol. The quantitative estimate of drug-likeness (QED) is 0.605. The zero-order valence-corrected chi connectivity index (χ0v) is 6.97. The molecule has 2 heterocycles. The number of nitrogens with one attached hydrogen (secondary N) is 2. The lowest BCUT2D eigenvalue weighted by atomic mass is 9.98. The van der Waals surface area contributed by atoms with Crippen molar-refractivity contribution in [3.63, 3.8) is 0 Å². The van der Waals surface area contributed by atoms with Gasteiger partial charge in [0.05, 0.1) is 0 Å². The second-order valence-electron chi connectivity index (χ2n) is 3.65. The third-order valence-corrected chi connectivity index (χ3v) is 2.70. The summed E-state index contributed by atoms with van der Waals surface area (Å²) in [6.45, 7) is 3.65. The molecule has 2 saturated heterocycles. The molecular weight excluding hydrogens is 136 g/mol. The van der Waals surface area contributed by atoms with Gasteiger partial charge in [0.1, 0.15) is 0 Å². The highest BCUT2D eigenvalue weighted by Crippen LogP contribution is 2.18. The minimum atomic E-state index is 0.722. The molecule has 0 aromatic carbocycles. The van der Waals surface area contributed by atoms with Crippen molar-refractivity contribution in [3.8, 4) is 0 Å². The van der Waals surface area contributed by atoms with Gasteiger partial charge in [0.15, 0.2) is 0 Å². The maximum absolute atomic E-state index is 3.50. The molecule has 2 heteroatoms. The van der Waals surface area contributed by atoms with Crippen LogP contribution in [0.1, 0.15) is 19.3 Å². The lowest BCUT2D eigenvalue weighted by Crippen LogP contribution is -2.26. The topological polar surface area (TPSA) is 24.1 Å². The molecule has 1 radical (unpaired) electrons. The average Bonchev–Trinajstić information content (AvgIpc) is 2.60. The zero-order chi connectivity index (χ0) is 7.52. The summed E-state index contributed by atoms with van der Waals surface area (Å²) in [6, 6.07) is 0.722. The Balaban J connectivity index is 1.71. The molecule has 0 saturated carbocycles. The SMILES string of the molecule is [CH](C1CCNC1)C1CCCN1. The van der Waals surface area contributed by atoms with Gasteiger partial charge in [0.2, 0.25) is 0 Å². The monoisotopic (exact) mass is 153 g/mol. The summed E-state index contributed by atoms with van der Waals surface area (Å²) >= 11 is 0. The molecule has 0 aliphatic carbocycles. The minimum Gasteiger partial charge on any atom is -0.316 e. The predicted octanol–water partition coefficient (Wildman–Crippen LogP) is 0.552. The summed E-state index contributed by atoms with van der Waals surface area (Å²) in [5.41, 5.74) is 0. The van der Waals surface area contributed by atoms with Gasteiger partial charge in [0, 0.05) is 6.04 Å². The van der Waals surface area contributed by atoms with Crippen LogP contribution in [0.25, 0.3) is 0 Å². The van der Waals surface area contributed by atoms with Gasteiger partial charge in [-0.25, -0.2) is 0 Å². The van der Waals surface area contributed by atoms with E-state index in [-0.39, 0.29) is 0 Å². The van der Waals surface area contributed by atoms with Gasteiger partial charge in [-0.1, -0.05) is 0 Å². The summed E-state index contributed by atoms with van der Waals surface area (Å²) in [6.07, 6.45) is 6.57. The van der Waals surface area contributed by atoms with E-state index in [0.717, 1.165) is 12.0 Å². The zero-order valence-electron chi connectivity index (χ0n) is 6.97. The molecule has 2 atom stereocenters. The van der Waals surface area contributed by atoms with E-state index in [2.05, 4.69) is 17.1 Å². The Kier molecular flexibility index (Phi) is 2.44. The normalized spacial score (nSPS) is 38.2. The van der Waals surface area contributed by atoms with Gasteiger partial charge in [-0.05, 0) is 51.2 Å². The summed E-state index contributed by atoms with van der Waals surface area (Å²) in [5, 5.41) is 6.89. The largest absolute Gasteiger partial charge is 0.316 e. The second kappa shape index (κ2) is 3.55. The smallest absolute Gasteiger partial charge is 0.0102 e. The third kappa shape index (κ3) is 1.94. The van der Waals surface area contributed by atoms with E-state index >= 15 is 0 Å². The number of hydrogen-bond acceptors (Lipinski definition) is 2. The van der Waals surface area contributed by atoms with Crippen molar-refractivity contribution in [2.45, 2.75) is 25.3 Å². The van der Waals surface area contributed by atoms with Crippen molar-refractivity contribution in [1.29, 1.82) is 0 Å². The van der Waals surface area contributed by atoms with Crippen LogP contribution in [0.5, 0.6) is 0 Å². The molecule has 2 unspecified atom stereocenters. The molecule has 2 aliphatic rings. The molecule has 63 valence electrons. The highest BCUT2D eigenvalue weighted by Gasteiger charge is 2.21. The van der Waals surface area contributed by atoms with Crippen molar-refractivity contribution >= 4 is 0 Å². The molecule has 0 bridgehead atoms. The first kappa shape index (κ1) is 7.56. The maximum atomic E-state index is 3.50. The van der Waals surface area contributed by atoms with E-state index < -0.39 is 0 Å². The second-order valence-corrected chi connectivity index (χ2v) is 3.65. The van der Waals surface area contributed by atoms with Crippen LogP contribution < -0.4 is 10.6 Å². The lowest BCUT2D eigenvalue weighted by molar-refractivity contribution is 0.558. The summed E-state index contributed by atoms with van der Waals surface area (Å²) in [4.78, 5) is 0. The van der Waals surface area contributed by atoms with Crippen molar-refractivity contribution in [1.82, 2.24) is 10.6 Å². The van der Waals surface area contributed by atoms with Gasteiger partial charge in [-0.2, -0.15) is 0 Å². The van der Waals surface area contributed by atoms with Gasteiger partial charge in [0.25, 0.3) is 0 Å². The van der Waals surface area contributed by atoms with E-state index in [1.807, 2.05) is 0 Å². The Bertz CT molecular complexity index is 98.7. The van der Waals surface area contributed by atoms with E-state index in [4.69, 9.17) is 0 Å². The molecule has 0 aromatic heterocycles. The summed E-state index contributed by atoms with van der Waals surface area (Å²) in [5.74, 6) is 0.839. The van der Waals surface area contributed by atoms with Crippen LogP contribution in [0.2, 0.25) is 0 Å². The van der Waals surface area contributed by atoms with E-state index in [1.54, 1.807) is 0 Å². The van der Waals surface area contributed by atoms with Crippen LogP contribution in [0, 0.1) is 12.3 Å². The van der Waals surface area contributed by atoms with Crippen LogP contribution in [-0.4, -0.2) is 25.7 Å². The van der Waals surface area contributed by atoms with Crippen LogP contribution in [0.15, 0.2) is 0 Å². The molecule has 11 heavy (non-hydrogen) atoms. The Hall–Kier alpha value is -0.0800. The fraction of sp³-hybridized carbons (Fsp3) is 0.889. The minimum absolute atomic E-state index is 0.722. The van der Waals surface area contributed by atoms with E-state index in [1.165, 1.54) is 38.9 Å². The Labute approximate surface area is 68.7 Å². The first-order valence-electron chi connectivity index (χ1n) is 4.74. The predicted molar refractivity (Wildman–Crippen MR) is 46.3 cm³/mol.